The summed E-state index contributed by atoms with van der Waals surface area (Å²) in [5.41, 5.74) is 11.3. The second kappa shape index (κ2) is 13.5. The fraction of sp³-hybridized carbons (Fsp3) is 0.196. The van der Waals surface area contributed by atoms with E-state index in [1.165, 1.54) is 16.8 Å². The summed E-state index contributed by atoms with van der Waals surface area (Å²) in [4.78, 5) is 9.46. The van der Waals surface area contributed by atoms with Gasteiger partial charge in [0.15, 0.2) is 0 Å². The number of hydrogen-bond acceptors (Lipinski definition) is 4. The Morgan fingerprint density at radius 1 is 0.554 bits per heavy atom. The van der Waals surface area contributed by atoms with Crippen molar-refractivity contribution in [3.63, 3.8) is 0 Å². The van der Waals surface area contributed by atoms with Crippen LogP contribution in [0.1, 0.15) is 62.3 Å². The third-order valence-electron chi connectivity index (χ3n) is 10.9. The van der Waals surface area contributed by atoms with Gasteiger partial charge in [0.05, 0.1) is 22.4 Å². The summed E-state index contributed by atoms with van der Waals surface area (Å²) in [5.74, 6) is 1.90. The highest BCUT2D eigenvalue weighted by Gasteiger charge is 2.31. The van der Waals surface area contributed by atoms with Crippen molar-refractivity contribution in [2.75, 3.05) is 16.5 Å². The highest BCUT2D eigenvalue weighted by Crippen LogP contribution is 2.47. The Kier molecular flexibility index (Phi) is 7.68. The number of aromatic nitrogens is 2. The molecule has 0 N–H and O–H groups in total. The van der Waals surface area contributed by atoms with Gasteiger partial charge in [-0.2, -0.15) is 0 Å². The van der Waals surface area contributed by atoms with Crippen LogP contribution in [0.15, 0.2) is 152 Å². The van der Waals surface area contributed by atoms with Crippen molar-refractivity contribution in [3.05, 3.63) is 168 Å². The van der Waals surface area contributed by atoms with Crippen LogP contribution in [0, 0.1) is 6.85 Å². The topological polar surface area (TPSA) is 33.5 Å². The van der Waals surface area contributed by atoms with Gasteiger partial charge in [0.2, 0.25) is 0 Å². The predicted octanol–water partition coefficient (Wildman–Crippen LogP) is 13.8. The van der Waals surface area contributed by atoms with Gasteiger partial charge in [-0.05, 0) is 118 Å². The smallest absolute Gasteiger partial charge is 0.137 e. The van der Waals surface area contributed by atoms with Crippen molar-refractivity contribution < 1.29 is 8.85 Å². The van der Waals surface area contributed by atoms with Crippen molar-refractivity contribution in [2.24, 2.45) is 0 Å². The van der Waals surface area contributed by atoms with Crippen LogP contribution in [0.3, 0.4) is 0 Å². The molecule has 5 nitrogen and oxygen atoms in total. The molecular formula is C51H48N4O. The van der Waals surface area contributed by atoms with E-state index in [1.54, 1.807) is 18.3 Å². The van der Waals surface area contributed by atoms with Crippen molar-refractivity contribution in [1.29, 1.82) is 0 Å². The van der Waals surface area contributed by atoms with Crippen LogP contribution in [0.4, 0.5) is 22.7 Å². The summed E-state index contributed by atoms with van der Waals surface area (Å²) in [6, 6.07) is 50.1. The first-order valence-corrected chi connectivity index (χ1v) is 19.3. The van der Waals surface area contributed by atoms with Crippen molar-refractivity contribution in [3.8, 4) is 28.4 Å². The molecule has 0 unspecified atom stereocenters. The van der Waals surface area contributed by atoms with E-state index in [0.29, 0.717) is 24.0 Å². The minimum Gasteiger partial charge on any atom is -0.457 e. The first-order valence-electron chi connectivity index (χ1n) is 20.8. The van der Waals surface area contributed by atoms with Crippen molar-refractivity contribution in [2.45, 2.75) is 59.2 Å². The summed E-state index contributed by atoms with van der Waals surface area (Å²) in [7, 11) is 0. The lowest BCUT2D eigenvalue weighted by Crippen LogP contribution is -2.24. The van der Waals surface area contributed by atoms with Crippen LogP contribution >= 0.6 is 0 Å². The van der Waals surface area contributed by atoms with Gasteiger partial charge in [-0.1, -0.05) is 102 Å². The zero-order chi connectivity index (χ0) is 41.3. The number of nitrogens with zero attached hydrogens (tertiary/aromatic N) is 4. The Balaban J connectivity index is 1.12. The van der Waals surface area contributed by atoms with E-state index in [1.807, 2.05) is 47.0 Å². The van der Waals surface area contributed by atoms with Gasteiger partial charge in [-0.15, -0.1) is 0 Å². The highest BCUT2D eigenvalue weighted by molar-refractivity contribution is 6.10. The molecule has 6 aromatic carbocycles. The number of pyridine rings is 1. The predicted molar refractivity (Wildman–Crippen MR) is 235 cm³/mol. The third kappa shape index (κ3) is 6.47. The number of rotatable bonds is 6. The summed E-state index contributed by atoms with van der Waals surface area (Å²) < 4.78 is 33.1. The van der Waals surface area contributed by atoms with Gasteiger partial charge >= 0.3 is 0 Å². The quantitative estimate of drug-likeness (QED) is 0.170. The molecular weight excluding hydrogens is 685 g/mol. The Morgan fingerprint density at radius 2 is 1.29 bits per heavy atom. The van der Waals surface area contributed by atoms with Gasteiger partial charge < -0.3 is 14.5 Å². The number of benzene rings is 6. The van der Waals surface area contributed by atoms with Crippen LogP contribution < -0.4 is 14.5 Å². The zero-order valence-electron chi connectivity index (χ0n) is 35.8. The number of fused-ring (bicyclic) bond motifs is 4. The maximum absolute atomic E-state index is 8.12. The molecule has 5 heteroatoms. The van der Waals surface area contributed by atoms with E-state index < -0.39 is 6.85 Å². The maximum atomic E-state index is 8.12. The lowest BCUT2D eigenvalue weighted by molar-refractivity contribution is 0.483. The first-order chi connectivity index (χ1) is 28.1. The van der Waals surface area contributed by atoms with Gasteiger partial charge in [-0.3, -0.25) is 4.57 Å². The second-order valence-electron chi connectivity index (χ2n) is 16.9. The average Bonchev–Trinajstić information content (AvgIpc) is 3.76. The molecule has 9 rings (SSSR count). The average molecular weight is 736 g/mol. The molecule has 2 aromatic heterocycles. The fourth-order valence-corrected chi connectivity index (χ4v) is 7.82. The van der Waals surface area contributed by atoms with E-state index in [-0.39, 0.29) is 16.4 Å². The maximum Gasteiger partial charge on any atom is 0.137 e. The molecule has 0 bridgehead atoms. The molecule has 0 saturated heterocycles. The molecule has 0 spiro atoms. The van der Waals surface area contributed by atoms with Gasteiger partial charge in [-0.25, -0.2) is 4.98 Å². The fourth-order valence-electron chi connectivity index (χ4n) is 7.82. The van der Waals surface area contributed by atoms with Crippen LogP contribution in [0.2, 0.25) is 0 Å². The van der Waals surface area contributed by atoms with Crippen molar-refractivity contribution >= 4 is 44.6 Å². The van der Waals surface area contributed by atoms with Crippen molar-refractivity contribution in [1.82, 2.24) is 9.55 Å². The Bertz CT molecular complexity index is 2870. The minimum absolute atomic E-state index is 0.0148. The lowest BCUT2D eigenvalue weighted by Gasteiger charge is -2.25. The molecule has 56 heavy (non-hydrogen) atoms. The summed E-state index contributed by atoms with van der Waals surface area (Å²) in [6.07, 6.45) is 1.57. The molecule has 278 valence electrons. The Morgan fingerprint density at radius 3 is 2.07 bits per heavy atom. The van der Waals surface area contributed by atoms with Crippen LogP contribution in [-0.2, 0) is 10.8 Å². The number of anilines is 4. The Hall–Kier alpha value is -6.33. The number of aryl methyl sites for hydroxylation is 1. The number of hydrogen-bond donors (Lipinski definition) is 0. The minimum atomic E-state index is -2.27. The summed E-state index contributed by atoms with van der Waals surface area (Å²) in [6.45, 7) is 11.9. The molecule has 0 aliphatic carbocycles. The van der Waals surface area contributed by atoms with Crippen LogP contribution in [0.25, 0.3) is 38.8 Å². The zero-order valence-corrected chi connectivity index (χ0v) is 32.8. The van der Waals surface area contributed by atoms with Crippen LogP contribution in [0.5, 0.6) is 11.5 Å². The molecule has 0 amide bonds. The van der Waals surface area contributed by atoms with E-state index in [4.69, 9.17) is 13.8 Å². The number of ether oxygens (including phenoxy) is 1. The summed E-state index contributed by atoms with van der Waals surface area (Å²) in [5, 5.41) is 2.05. The molecule has 8 aromatic rings. The molecule has 0 saturated carbocycles. The molecule has 1 aliphatic rings. The highest BCUT2D eigenvalue weighted by atomic mass is 16.5. The second-order valence-corrected chi connectivity index (χ2v) is 16.9. The van der Waals surface area contributed by atoms with Crippen LogP contribution in [-0.4, -0.2) is 16.2 Å². The van der Waals surface area contributed by atoms with E-state index in [9.17, 15) is 0 Å². The molecule has 1 aliphatic heterocycles. The van der Waals surface area contributed by atoms with E-state index in [2.05, 4.69) is 142 Å². The third-order valence-corrected chi connectivity index (χ3v) is 10.9. The van der Waals surface area contributed by atoms with Gasteiger partial charge in [0, 0.05) is 44.6 Å². The first kappa shape index (κ1) is 32.0. The Labute approximate surface area is 334 Å². The lowest BCUT2D eigenvalue weighted by atomic mass is 9.86. The molecule has 3 heterocycles. The largest absolute Gasteiger partial charge is 0.457 e. The monoisotopic (exact) mass is 735 g/mol. The standard InChI is InChI=1S/C51H48N4O/c1-34-25-26-52-49(27-34)55-45-23-19-36(35-13-9-8-10-14-35)28-44(45)43-22-21-42(32-47(43)55)56-41-18-12-17-40(31-41)54-33-53(39-16-11-15-37(29-39)50(2,3)4)46-24-20-38(30-48(46)54)51(5,6)7/h8-32H,33H2,1-7H3/i1D3. The molecule has 0 atom stereocenters. The summed E-state index contributed by atoms with van der Waals surface area (Å²) >= 11 is 0. The molecule has 0 fully saturated rings. The molecule has 0 radical (unpaired) electrons. The SMILES string of the molecule is [2H]C([2H])([2H])c1ccnc(-n2c3ccc(-c4ccccc4)cc3c3ccc(Oc4cccc(N5CN(c6cccc(C(C)(C)C)c6)c6ccc(C(C)(C)C)cc65)c4)cc32)c1. The normalized spacial score (nSPS) is 14.1. The van der Waals surface area contributed by atoms with E-state index in [0.717, 1.165) is 50.0 Å². The van der Waals surface area contributed by atoms with E-state index >= 15 is 0 Å². The van der Waals surface area contributed by atoms with Gasteiger partial charge in [0.25, 0.3) is 0 Å². The van der Waals surface area contributed by atoms with Gasteiger partial charge in [0.1, 0.15) is 24.0 Å².